The summed E-state index contributed by atoms with van der Waals surface area (Å²) < 4.78 is 5.02. The standard InChI is InChI=1S/C36H42N6O5/c1-35(12-15-41(16-13-35)31(44)23-47-3)34(46)42(21-26-8-5-4-7-25(26)20-37-2)22-30(43)39-28-11-10-24-18-36(19-27(24)17-28)29-9-6-14-38-32(29)40-33(36)45/h4-11,14,17,37H,12-13,15-16,18-23H2,1-3H3,(H,39,43)(H,38,40,45). The summed E-state index contributed by atoms with van der Waals surface area (Å²) in [7, 11) is 3.37. The van der Waals surface area contributed by atoms with Crippen molar-refractivity contribution in [3.8, 4) is 0 Å². The molecule has 11 heteroatoms. The number of carbonyl (C=O) groups excluding carboxylic acids is 4. The molecular weight excluding hydrogens is 596 g/mol. The number of nitrogens with one attached hydrogen (secondary N) is 3. The maximum atomic E-state index is 14.3. The maximum absolute atomic E-state index is 14.3. The molecule has 3 aromatic rings. The van der Waals surface area contributed by atoms with Gasteiger partial charge in [0.05, 0.1) is 5.41 Å². The number of rotatable bonds is 10. The Morgan fingerprint density at radius 3 is 2.51 bits per heavy atom. The molecule has 1 spiro atoms. The van der Waals surface area contributed by atoms with E-state index in [1.165, 1.54) is 7.11 Å². The van der Waals surface area contributed by atoms with Gasteiger partial charge in [0, 0.05) is 56.2 Å². The van der Waals surface area contributed by atoms with Gasteiger partial charge in [-0.3, -0.25) is 19.2 Å². The lowest BCUT2D eigenvalue weighted by Crippen LogP contribution is -2.51. The third-order valence-corrected chi connectivity index (χ3v) is 9.94. The van der Waals surface area contributed by atoms with Crippen LogP contribution < -0.4 is 16.0 Å². The van der Waals surface area contributed by atoms with Crippen molar-refractivity contribution < 1.29 is 23.9 Å². The predicted molar refractivity (Wildman–Crippen MR) is 177 cm³/mol. The highest BCUT2D eigenvalue weighted by Gasteiger charge is 2.51. The number of carbonyl (C=O) groups is 4. The van der Waals surface area contributed by atoms with E-state index in [0.717, 1.165) is 27.8 Å². The lowest BCUT2D eigenvalue weighted by Gasteiger charge is -2.41. The quantitative estimate of drug-likeness (QED) is 0.311. The summed E-state index contributed by atoms with van der Waals surface area (Å²) in [5.41, 5.74) is 4.19. The van der Waals surface area contributed by atoms with E-state index < -0.39 is 10.8 Å². The number of amides is 4. The minimum absolute atomic E-state index is 0.0145. The van der Waals surface area contributed by atoms with Crippen LogP contribution in [-0.2, 0) is 55.3 Å². The highest BCUT2D eigenvalue weighted by Crippen LogP contribution is 2.47. The molecule has 6 rings (SSSR count). The molecule has 47 heavy (non-hydrogen) atoms. The number of benzene rings is 2. The summed E-state index contributed by atoms with van der Waals surface area (Å²) in [6, 6.07) is 17.5. The van der Waals surface area contributed by atoms with Crippen LogP contribution in [0, 0.1) is 5.41 Å². The fourth-order valence-corrected chi connectivity index (χ4v) is 7.26. The Labute approximate surface area is 275 Å². The highest BCUT2D eigenvalue weighted by molar-refractivity contribution is 6.06. The van der Waals surface area contributed by atoms with Gasteiger partial charge in [-0.1, -0.05) is 43.3 Å². The van der Waals surface area contributed by atoms with Gasteiger partial charge in [0.1, 0.15) is 19.0 Å². The largest absolute Gasteiger partial charge is 0.375 e. The zero-order valence-electron chi connectivity index (χ0n) is 27.2. The van der Waals surface area contributed by atoms with Crippen LogP contribution in [-0.4, -0.2) is 78.8 Å². The first kappa shape index (κ1) is 32.3. The van der Waals surface area contributed by atoms with Gasteiger partial charge in [0.25, 0.3) is 0 Å². The van der Waals surface area contributed by atoms with Gasteiger partial charge in [-0.15, -0.1) is 0 Å². The summed E-state index contributed by atoms with van der Waals surface area (Å²) in [6.07, 6.45) is 3.76. The molecule has 3 aliphatic rings. The monoisotopic (exact) mass is 638 g/mol. The molecule has 3 heterocycles. The Kier molecular flexibility index (Phi) is 9.11. The van der Waals surface area contributed by atoms with Crippen molar-refractivity contribution in [1.82, 2.24) is 20.1 Å². The van der Waals surface area contributed by atoms with E-state index in [2.05, 4.69) is 20.9 Å². The lowest BCUT2D eigenvalue weighted by atomic mass is 9.78. The number of nitrogens with zero attached hydrogens (tertiary/aromatic N) is 3. The number of ether oxygens (including phenoxy) is 1. The average Bonchev–Trinajstić information content (AvgIpc) is 3.58. The second-order valence-electron chi connectivity index (χ2n) is 13.2. The first-order valence-corrected chi connectivity index (χ1v) is 16.1. The van der Waals surface area contributed by atoms with Crippen LogP contribution in [0.5, 0.6) is 0 Å². The number of fused-ring (bicyclic) bond motifs is 3. The summed E-state index contributed by atoms with van der Waals surface area (Å²) in [5.74, 6) is 0.0561. The number of piperidine rings is 1. The molecule has 3 N–H and O–H groups in total. The Hall–Kier alpha value is -4.61. The van der Waals surface area contributed by atoms with Crippen molar-refractivity contribution in [2.75, 3.05) is 51.0 Å². The number of anilines is 2. The predicted octanol–water partition coefficient (Wildman–Crippen LogP) is 3.03. The molecule has 246 valence electrons. The second-order valence-corrected chi connectivity index (χ2v) is 13.2. The number of methoxy groups -OCH3 is 1. The third kappa shape index (κ3) is 6.37. The first-order chi connectivity index (χ1) is 22.7. The molecule has 1 aliphatic carbocycles. The van der Waals surface area contributed by atoms with Crippen LogP contribution in [0.4, 0.5) is 11.5 Å². The molecule has 2 aliphatic heterocycles. The van der Waals surface area contributed by atoms with E-state index in [1.54, 1.807) is 16.0 Å². The van der Waals surface area contributed by atoms with Crippen molar-refractivity contribution in [2.24, 2.45) is 5.41 Å². The fourth-order valence-electron chi connectivity index (χ4n) is 7.26. The molecule has 0 saturated carbocycles. The molecule has 1 fully saturated rings. The van der Waals surface area contributed by atoms with Gasteiger partial charge in [-0.25, -0.2) is 4.98 Å². The van der Waals surface area contributed by atoms with Crippen molar-refractivity contribution in [2.45, 2.75) is 51.1 Å². The first-order valence-electron chi connectivity index (χ1n) is 16.1. The summed E-state index contributed by atoms with van der Waals surface area (Å²) in [5, 5.41) is 9.14. The van der Waals surface area contributed by atoms with Gasteiger partial charge >= 0.3 is 0 Å². The molecule has 11 nitrogen and oxygen atoms in total. The molecular formula is C36H42N6O5. The smallest absolute Gasteiger partial charge is 0.248 e. The van der Waals surface area contributed by atoms with Gasteiger partial charge < -0.3 is 30.5 Å². The third-order valence-electron chi connectivity index (χ3n) is 9.94. The minimum atomic E-state index is -0.725. The SMILES string of the molecule is CNCc1ccccc1CN(CC(=O)Nc1ccc2c(c1)CC1(C2)C(=O)Nc2ncccc21)C(=O)C1(C)CCN(C(=O)COC)CC1. The Balaban J connectivity index is 1.19. The molecule has 0 radical (unpaired) electrons. The van der Waals surface area contributed by atoms with Crippen LogP contribution >= 0.6 is 0 Å². The zero-order valence-corrected chi connectivity index (χ0v) is 27.2. The molecule has 2 aromatic carbocycles. The molecule has 1 unspecified atom stereocenters. The zero-order chi connectivity index (χ0) is 33.2. The van der Waals surface area contributed by atoms with Crippen LogP contribution in [0.1, 0.15) is 47.6 Å². The summed E-state index contributed by atoms with van der Waals surface area (Å²) in [6.45, 7) is 3.64. The minimum Gasteiger partial charge on any atom is -0.375 e. The molecule has 4 amide bonds. The van der Waals surface area contributed by atoms with Crippen LogP contribution in [0.15, 0.2) is 60.8 Å². The summed E-state index contributed by atoms with van der Waals surface area (Å²) in [4.78, 5) is 61.2. The Bertz CT molecular complexity index is 1700. The van der Waals surface area contributed by atoms with E-state index in [9.17, 15) is 19.2 Å². The normalized spacial score (nSPS) is 19.2. The average molecular weight is 639 g/mol. The van der Waals surface area contributed by atoms with Gasteiger partial charge in [-0.05, 0) is 73.2 Å². The van der Waals surface area contributed by atoms with Crippen molar-refractivity contribution in [3.63, 3.8) is 0 Å². The van der Waals surface area contributed by atoms with Crippen molar-refractivity contribution >= 4 is 35.1 Å². The van der Waals surface area contributed by atoms with E-state index in [1.807, 2.05) is 68.6 Å². The Morgan fingerprint density at radius 1 is 1.02 bits per heavy atom. The number of hydrogen-bond acceptors (Lipinski definition) is 7. The highest BCUT2D eigenvalue weighted by atomic mass is 16.5. The summed E-state index contributed by atoms with van der Waals surface area (Å²) >= 11 is 0. The number of likely N-dealkylation sites (tertiary alicyclic amines) is 1. The van der Waals surface area contributed by atoms with Crippen molar-refractivity contribution in [3.05, 3.63) is 88.6 Å². The van der Waals surface area contributed by atoms with Crippen LogP contribution in [0.3, 0.4) is 0 Å². The van der Waals surface area contributed by atoms with Crippen LogP contribution in [0.2, 0.25) is 0 Å². The molecule has 1 atom stereocenters. The van der Waals surface area contributed by atoms with Crippen LogP contribution in [0.25, 0.3) is 0 Å². The number of hydrogen-bond donors (Lipinski definition) is 3. The number of pyridine rings is 1. The topological polar surface area (TPSA) is 133 Å². The number of aromatic nitrogens is 1. The Morgan fingerprint density at radius 2 is 1.77 bits per heavy atom. The van der Waals surface area contributed by atoms with E-state index >= 15 is 0 Å². The van der Waals surface area contributed by atoms with E-state index in [-0.39, 0.29) is 43.3 Å². The maximum Gasteiger partial charge on any atom is 0.248 e. The van der Waals surface area contributed by atoms with E-state index in [0.29, 0.717) is 56.8 Å². The lowest BCUT2D eigenvalue weighted by molar-refractivity contribution is -0.149. The van der Waals surface area contributed by atoms with Gasteiger partial charge in [-0.2, -0.15) is 0 Å². The molecule has 1 aromatic heterocycles. The fraction of sp³-hybridized carbons (Fsp3) is 0.417. The van der Waals surface area contributed by atoms with E-state index in [4.69, 9.17) is 4.74 Å². The van der Waals surface area contributed by atoms with Gasteiger partial charge in [0.2, 0.25) is 23.6 Å². The second kappa shape index (κ2) is 13.2. The molecule has 0 bridgehead atoms. The van der Waals surface area contributed by atoms with Crippen molar-refractivity contribution in [1.29, 1.82) is 0 Å². The van der Waals surface area contributed by atoms with Gasteiger partial charge in [0.15, 0.2) is 0 Å². The molecule has 1 saturated heterocycles.